The lowest BCUT2D eigenvalue weighted by Gasteiger charge is -2.36. The predicted molar refractivity (Wildman–Crippen MR) is 107 cm³/mol. The number of amides is 4. The Kier molecular flexibility index (Phi) is 4.66. The first-order valence-electron chi connectivity index (χ1n) is 9.60. The number of rotatable bonds is 3. The Balaban J connectivity index is 1.43. The topological polar surface area (TPSA) is 90.5 Å². The van der Waals surface area contributed by atoms with Gasteiger partial charge in [0.25, 0.3) is 0 Å². The summed E-state index contributed by atoms with van der Waals surface area (Å²) in [4.78, 5) is 39.1. The molecule has 2 aliphatic heterocycles. The first-order valence-corrected chi connectivity index (χ1v) is 9.60. The van der Waals surface area contributed by atoms with Gasteiger partial charge < -0.3 is 20.9 Å². The van der Waals surface area contributed by atoms with Gasteiger partial charge >= 0.3 is 6.03 Å². The molecule has 0 saturated carbocycles. The minimum Gasteiger partial charge on any atom is -0.342 e. The van der Waals surface area contributed by atoms with Crippen molar-refractivity contribution in [3.63, 3.8) is 0 Å². The number of nitrogens with one attached hydrogen (secondary N) is 3. The van der Waals surface area contributed by atoms with E-state index in [0.29, 0.717) is 13.0 Å². The maximum absolute atomic E-state index is 12.6. The van der Waals surface area contributed by atoms with E-state index in [-0.39, 0.29) is 29.8 Å². The number of piperazine rings is 1. The highest BCUT2D eigenvalue weighted by Crippen LogP contribution is 2.26. The van der Waals surface area contributed by atoms with Crippen molar-refractivity contribution in [2.45, 2.75) is 38.4 Å². The molecule has 4 rings (SSSR count). The summed E-state index contributed by atoms with van der Waals surface area (Å²) in [7, 11) is 0. The highest BCUT2D eigenvalue weighted by molar-refractivity contribution is 6.02. The third-order valence-electron chi connectivity index (χ3n) is 5.49. The minimum absolute atomic E-state index is 0.0269. The third kappa shape index (κ3) is 3.28. The van der Waals surface area contributed by atoms with Gasteiger partial charge in [0.05, 0.1) is 11.7 Å². The van der Waals surface area contributed by atoms with Crippen molar-refractivity contribution in [3.8, 4) is 0 Å². The third-order valence-corrected chi connectivity index (χ3v) is 5.49. The van der Waals surface area contributed by atoms with Crippen molar-refractivity contribution in [2.75, 3.05) is 11.9 Å². The molecule has 28 heavy (non-hydrogen) atoms. The van der Waals surface area contributed by atoms with E-state index in [9.17, 15) is 14.4 Å². The highest BCUT2D eigenvalue weighted by Gasteiger charge is 2.47. The zero-order valence-corrected chi connectivity index (χ0v) is 15.9. The van der Waals surface area contributed by atoms with E-state index in [1.54, 1.807) is 4.90 Å². The van der Waals surface area contributed by atoms with Crippen LogP contribution in [0.3, 0.4) is 0 Å². The summed E-state index contributed by atoms with van der Waals surface area (Å²) in [5.74, 6) is -0.186. The summed E-state index contributed by atoms with van der Waals surface area (Å²) < 4.78 is 0. The average molecular weight is 380 g/mol. The first-order chi connectivity index (χ1) is 13.4. The second-order valence-corrected chi connectivity index (χ2v) is 7.79. The average Bonchev–Trinajstić information content (AvgIpc) is 3.09. The Morgan fingerprint density at radius 2 is 1.89 bits per heavy atom. The van der Waals surface area contributed by atoms with Crippen molar-refractivity contribution in [1.29, 1.82) is 0 Å². The zero-order chi connectivity index (χ0) is 19.8. The van der Waals surface area contributed by atoms with Crippen molar-refractivity contribution < 1.29 is 14.4 Å². The van der Waals surface area contributed by atoms with E-state index in [0.717, 1.165) is 16.5 Å². The van der Waals surface area contributed by atoms with Crippen molar-refractivity contribution in [3.05, 3.63) is 42.5 Å². The van der Waals surface area contributed by atoms with Gasteiger partial charge in [-0.15, -0.1) is 0 Å². The maximum atomic E-state index is 12.6. The fraction of sp³-hybridized carbons (Fsp3) is 0.381. The van der Waals surface area contributed by atoms with Gasteiger partial charge in [-0.1, -0.05) is 50.2 Å². The van der Waals surface area contributed by atoms with Gasteiger partial charge in [0.15, 0.2) is 0 Å². The maximum Gasteiger partial charge on any atom is 0.319 e. The zero-order valence-electron chi connectivity index (χ0n) is 15.9. The van der Waals surface area contributed by atoms with E-state index < -0.39 is 12.1 Å². The lowest BCUT2D eigenvalue weighted by molar-refractivity contribution is -0.148. The van der Waals surface area contributed by atoms with E-state index >= 15 is 0 Å². The predicted octanol–water partition coefficient (Wildman–Crippen LogP) is 2.09. The Hall–Kier alpha value is -3.09. The monoisotopic (exact) mass is 380 g/mol. The van der Waals surface area contributed by atoms with E-state index in [1.165, 1.54) is 0 Å². The van der Waals surface area contributed by atoms with Crippen LogP contribution in [0.1, 0.15) is 20.3 Å². The molecule has 146 valence electrons. The normalized spacial score (nSPS) is 24.2. The molecule has 0 aliphatic carbocycles. The summed E-state index contributed by atoms with van der Waals surface area (Å²) in [5.41, 5.74) is 0.722. The lowest BCUT2D eigenvalue weighted by Crippen LogP contribution is -2.62. The molecule has 0 radical (unpaired) electrons. The number of carbonyl (C=O) groups excluding carboxylic acids is 3. The number of fused-ring (bicyclic) bond motifs is 2. The molecule has 7 heteroatoms. The van der Waals surface area contributed by atoms with Crippen molar-refractivity contribution >= 4 is 34.3 Å². The molecule has 2 fully saturated rings. The van der Waals surface area contributed by atoms with Crippen LogP contribution in [-0.4, -0.2) is 47.4 Å². The Labute approximate surface area is 163 Å². The number of nitrogens with zero attached hydrogens (tertiary/aromatic N) is 1. The number of hydrogen-bond donors (Lipinski definition) is 3. The fourth-order valence-electron chi connectivity index (χ4n) is 4.05. The van der Waals surface area contributed by atoms with Gasteiger partial charge in [0.2, 0.25) is 11.8 Å². The largest absolute Gasteiger partial charge is 0.342 e. The molecule has 0 bridgehead atoms. The van der Waals surface area contributed by atoms with Crippen LogP contribution in [0.2, 0.25) is 0 Å². The molecule has 0 spiro atoms. The van der Waals surface area contributed by atoms with Gasteiger partial charge in [-0.3, -0.25) is 9.59 Å². The van der Waals surface area contributed by atoms with Gasteiger partial charge in [-0.2, -0.15) is 0 Å². The molecule has 3 N–H and O–H groups in total. The number of hydrogen-bond acceptors (Lipinski definition) is 3. The molecule has 2 heterocycles. The Morgan fingerprint density at radius 1 is 1.14 bits per heavy atom. The number of urea groups is 1. The quantitative estimate of drug-likeness (QED) is 0.762. The smallest absolute Gasteiger partial charge is 0.319 e. The van der Waals surface area contributed by atoms with Crippen LogP contribution in [0.5, 0.6) is 0 Å². The molecule has 2 aromatic carbocycles. The molecule has 2 aliphatic rings. The van der Waals surface area contributed by atoms with Crippen molar-refractivity contribution in [1.82, 2.24) is 15.5 Å². The van der Waals surface area contributed by atoms with Gasteiger partial charge in [0, 0.05) is 11.9 Å². The minimum atomic E-state index is -0.509. The van der Waals surface area contributed by atoms with Crippen LogP contribution in [0.25, 0.3) is 10.8 Å². The highest BCUT2D eigenvalue weighted by atomic mass is 16.2. The van der Waals surface area contributed by atoms with Crippen LogP contribution >= 0.6 is 0 Å². The van der Waals surface area contributed by atoms with E-state index in [2.05, 4.69) is 16.0 Å². The molecule has 3 atom stereocenters. The first kappa shape index (κ1) is 18.3. The van der Waals surface area contributed by atoms with Crippen molar-refractivity contribution in [2.24, 2.45) is 5.92 Å². The molecule has 4 amide bonds. The van der Waals surface area contributed by atoms with Gasteiger partial charge in [-0.05, 0) is 23.8 Å². The van der Waals surface area contributed by atoms with Crippen LogP contribution in [0, 0.1) is 5.92 Å². The fourth-order valence-corrected chi connectivity index (χ4v) is 4.05. The SMILES string of the molecule is CC(C)[C@H]1NC(=O)[C@@H]2C[C@H](NC(=O)Nc3cccc4ccccc34)CN2C1=O. The molecule has 7 nitrogen and oxygen atoms in total. The number of anilines is 1. The summed E-state index contributed by atoms with van der Waals surface area (Å²) in [5, 5.41) is 10.6. The standard InChI is InChI=1S/C21H24N4O3/c1-12(2)18-20(27)25-11-14(10-17(25)19(26)24-18)22-21(28)23-16-9-5-7-13-6-3-4-8-15(13)16/h3-9,12,14,17-18H,10-11H2,1-2H3,(H,24,26)(H2,22,23,28)/t14-,17-,18+/m0/s1. The second-order valence-electron chi connectivity index (χ2n) is 7.79. The molecule has 2 saturated heterocycles. The van der Waals surface area contributed by atoms with Crippen LogP contribution < -0.4 is 16.0 Å². The second kappa shape index (κ2) is 7.14. The number of benzene rings is 2. The van der Waals surface area contributed by atoms with Crippen LogP contribution in [-0.2, 0) is 9.59 Å². The van der Waals surface area contributed by atoms with E-state index in [1.807, 2.05) is 56.3 Å². The molecule has 0 unspecified atom stereocenters. The van der Waals surface area contributed by atoms with E-state index in [4.69, 9.17) is 0 Å². The summed E-state index contributed by atoms with van der Waals surface area (Å²) in [6.45, 7) is 4.17. The molecule has 2 aromatic rings. The summed E-state index contributed by atoms with van der Waals surface area (Å²) in [6.07, 6.45) is 0.422. The molecular formula is C21H24N4O3. The summed E-state index contributed by atoms with van der Waals surface area (Å²) >= 11 is 0. The van der Waals surface area contributed by atoms with Gasteiger partial charge in [-0.25, -0.2) is 4.79 Å². The molecule has 0 aromatic heterocycles. The van der Waals surface area contributed by atoms with Crippen LogP contribution in [0.15, 0.2) is 42.5 Å². The van der Waals surface area contributed by atoms with Gasteiger partial charge in [0.1, 0.15) is 12.1 Å². The Morgan fingerprint density at radius 3 is 2.68 bits per heavy atom. The number of carbonyl (C=O) groups is 3. The lowest BCUT2D eigenvalue weighted by atomic mass is 9.98. The Bertz CT molecular complexity index is 937. The van der Waals surface area contributed by atoms with Crippen LogP contribution in [0.4, 0.5) is 10.5 Å². The summed E-state index contributed by atoms with van der Waals surface area (Å²) in [6, 6.07) is 11.9. The molecular weight excluding hydrogens is 356 g/mol.